The zero-order chi connectivity index (χ0) is 19.9. The van der Waals surface area contributed by atoms with E-state index in [1.54, 1.807) is 48.5 Å². The van der Waals surface area contributed by atoms with Crippen molar-refractivity contribution in [3.63, 3.8) is 0 Å². The molecule has 0 bridgehead atoms. The Bertz CT molecular complexity index is 810. The SMILES string of the molecule is COC(=O)Nc1ccc(S(=O)CCC(N)(N)C(=O)Nc2ccccc2)cc1. The third-order valence-corrected chi connectivity index (χ3v) is 5.08. The average Bonchev–Trinajstić information content (AvgIpc) is 2.67. The van der Waals surface area contributed by atoms with Crippen LogP contribution in [0, 0.1) is 0 Å². The number of benzene rings is 2. The van der Waals surface area contributed by atoms with E-state index in [1.165, 1.54) is 7.11 Å². The van der Waals surface area contributed by atoms with Crippen LogP contribution in [0.5, 0.6) is 0 Å². The number of anilines is 2. The fourth-order valence-corrected chi connectivity index (χ4v) is 3.32. The van der Waals surface area contributed by atoms with Gasteiger partial charge in [-0.05, 0) is 42.8 Å². The summed E-state index contributed by atoms with van der Waals surface area (Å²) >= 11 is 0. The van der Waals surface area contributed by atoms with Crippen molar-refractivity contribution in [1.29, 1.82) is 0 Å². The molecule has 2 aromatic rings. The van der Waals surface area contributed by atoms with Gasteiger partial charge < -0.3 is 21.5 Å². The minimum Gasteiger partial charge on any atom is -0.453 e. The molecule has 8 nitrogen and oxygen atoms in total. The topological polar surface area (TPSA) is 137 Å². The van der Waals surface area contributed by atoms with Crippen LogP contribution < -0.4 is 22.1 Å². The molecule has 6 N–H and O–H groups in total. The predicted molar refractivity (Wildman–Crippen MR) is 105 cm³/mol. The smallest absolute Gasteiger partial charge is 0.411 e. The van der Waals surface area contributed by atoms with Gasteiger partial charge in [-0.1, -0.05) is 18.2 Å². The Kier molecular flexibility index (Phi) is 7.05. The van der Waals surface area contributed by atoms with Gasteiger partial charge in [0, 0.05) is 22.0 Å². The number of carbonyl (C=O) groups excluding carboxylic acids is 2. The molecule has 0 saturated carbocycles. The second-order valence-corrected chi connectivity index (χ2v) is 7.37. The summed E-state index contributed by atoms with van der Waals surface area (Å²) in [4.78, 5) is 23.9. The fourth-order valence-electron chi connectivity index (χ4n) is 2.12. The molecule has 0 aliphatic carbocycles. The molecular weight excluding hydrogens is 368 g/mol. The van der Waals surface area contributed by atoms with Crippen molar-refractivity contribution in [2.24, 2.45) is 11.5 Å². The van der Waals surface area contributed by atoms with E-state index in [2.05, 4.69) is 15.4 Å². The first kappa shape index (κ1) is 20.6. The summed E-state index contributed by atoms with van der Waals surface area (Å²) in [5.74, 6) is -0.442. The highest BCUT2D eigenvalue weighted by Crippen LogP contribution is 2.15. The zero-order valence-corrected chi connectivity index (χ0v) is 15.6. The highest BCUT2D eigenvalue weighted by Gasteiger charge is 2.29. The Morgan fingerprint density at radius 3 is 2.19 bits per heavy atom. The van der Waals surface area contributed by atoms with E-state index in [4.69, 9.17) is 11.5 Å². The second-order valence-electron chi connectivity index (χ2n) is 5.80. The number of carbonyl (C=O) groups is 2. The van der Waals surface area contributed by atoms with Gasteiger partial charge in [-0.15, -0.1) is 0 Å². The summed E-state index contributed by atoms with van der Waals surface area (Å²) < 4.78 is 16.9. The molecule has 2 amide bonds. The van der Waals surface area contributed by atoms with Crippen molar-refractivity contribution >= 4 is 34.2 Å². The Morgan fingerprint density at radius 2 is 1.59 bits per heavy atom. The lowest BCUT2D eigenvalue weighted by molar-refractivity contribution is -0.121. The van der Waals surface area contributed by atoms with Gasteiger partial charge in [-0.2, -0.15) is 0 Å². The lowest BCUT2D eigenvalue weighted by Gasteiger charge is -2.23. The standard InChI is InChI=1S/C18H22N4O4S/c1-26-17(24)22-14-7-9-15(10-8-14)27(25)12-11-18(19,20)16(23)21-13-5-3-2-4-6-13/h2-10H,11-12,19-20H2,1H3,(H,21,23)(H,22,24). The number of nitrogens with one attached hydrogen (secondary N) is 2. The Balaban J connectivity index is 1.91. The minimum absolute atomic E-state index is 0.0282. The minimum atomic E-state index is -1.65. The molecular formula is C18H22N4O4S. The summed E-state index contributed by atoms with van der Waals surface area (Å²) in [5.41, 5.74) is 11.2. The second kappa shape index (κ2) is 9.26. The molecule has 0 aliphatic heterocycles. The van der Waals surface area contributed by atoms with Crippen LogP contribution in [0.15, 0.2) is 59.5 Å². The number of hydrogen-bond acceptors (Lipinski definition) is 6. The third-order valence-electron chi connectivity index (χ3n) is 3.70. The summed E-state index contributed by atoms with van der Waals surface area (Å²) in [6.07, 6.45) is -0.565. The Labute approximate surface area is 159 Å². The maximum atomic E-state index is 12.4. The first-order chi connectivity index (χ1) is 12.8. The molecule has 1 unspecified atom stereocenters. The van der Waals surface area contributed by atoms with E-state index in [9.17, 15) is 13.8 Å². The van der Waals surface area contributed by atoms with Crippen molar-refractivity contribution in [2.75, 3.05) is 23.5 Å². The number of nitrogens with two attached hydrogens (primary N) is 2. The summed E-state index contributed by atoms with van der Waals surface area (Å²) in [7, 11) is -0.137. The first-order valence-electron chi connectivity index (χ1n) is 8.09. The Hall–Kier alpha value is -2.75. The van der Waals surface area contributed by atoms with E-state index in [0.717, 1.165) is 0 Å². The molecule has 2 rings (SSSR count). The van der Waals surface area contributed by atoms with Crippen molar-refractivity contribution in [2.45, 2.75) is 17.0 Å². The van der Waals surface area contributed by atoms with Crippen molar-refractivity contribution in [1.82, 2.24) is 0 Å². The van der Waals surface area contributed by atoms with E-state index in [0.29, 0.717) is 16.3 Å². The van der Waals surface area contributed by atoms with Crippen LogP contribution in [0.1, 0.15) is 6.42 Å². The quantitative estimate of drug-likeness (QED) is 0.530. The van der Waals surface area contributed by atoms with Gasteiger partial charge in [-0.3, -0.25) is 14.3 Å². The van der Waals surface area contributed by atoms with Crippen LogP contribution in [0.3, 0.4) is 0 Å². The number of methoxy groups -OCH3 is 1. The predicted octanol–water partition coefficient (Wildman–Crippen LogP) is 1.61. The van der Waals surface area contributed by atoms with Crippen LogP contribution in [-0.4, -0.2) is 34.7 Å². The molecule has 2 aromatic carbocycles. The molecule has 0 heterocycles. The van der Waals surface area contributed by atoms with Crippen molar-refractivity contribution < 1.29 is 18.5 Å². The molecule has 1 atom stereocenters. The molecule has 0 fully saturated rings. The number of rotatable bonds is 7. The summed E-state index contributed by atoms with van der Waals surface area (Å²) in [5, 5.41) is 5.14. The van der Waals surface area contributed by atoms with Gasteiger partial charge in [0.25, 0.3) is 5.91 Å². The molecule has 9 heteroatoms. The van der Waals surface area contributed by atoms with Gasteiger partial charge in [0.15, 0.2) is 0 Å². The molecule has 0 radical (unpaired) electrons. The Morgan fingerprint density at radius 1 is 1.00 bits per heavy atom. The average molecular weight is 390 g/mol. The van der Waals surface area contributed by atoms with Crippen LogP contribution in [0.2, 0.25) is 0 Å². The van der Waals surface area contributed by atoms with E-state index in [-0.39, 0.29) is 12.2 Å². The monoisotopic (exact) mass is 390 g/mol. The van der Waals surface area contributed by atoms with Crippen LogP contribution in [0.4, 0.5) is 16.2 Å². The van der Waals surface area contributed by atoms with E-state index in [1.807, 2.05) is 6.07 Å². The number of para-hydroxylation sites is 1. The lowest BCUT2D eigenvalue weighted by atomic mass is 10.1. The van der Waals surface area contributed by atoms with Crippen molar-refractivity contribution in [3.05, 3.63) is 54.6 Å². The third kappa shape index (κ3) is 6.17. The number of hydrogen-bond donors (Lipinski definition) is 4. The molecule has 0 saturated heterocycles. The maximum absolute atomic E-state index is 12.4. The van der Waals surface area contributed by atoms with Crippen LogP contribution in [0.25, 0.3) is 0 Å². The molecule has 0 spiro atoms. The summed E-state index contributed by atoms with van der Waals surface area (Å²) in [6.45, 7) is 0. The van der Waals surface area contributed by atoms with E-state index >= 15 is 0 Å². The van der Waals surface area contributed by atoms with Gasteiger partial charge in [0.05, 0.1) is 17.9 Å². The molecule has 144 valence electrons. The van der Waals surface area contributed by atoms with Crippen molar-refractivity contribution in [3.8, 4) is 0 Å². The highest BCUT2D eigenvalue weighted by molar-refractivity contribution is 7.85. The molecule has 27 heavy (non-hydrogen) atoms. The normalized spacial score (nSPS) is 12.1. The molecule has 0 aliphatic rings. The van der Waals surface area contributed by atoms with Gasteiger partial charge >= 0.3 is 6.09 Å². The van der Waals surface area contributed by atoms with Crippen LogP contribution >= 0.6 is 0 Å². The molecule has 0 aromatic heterocycles. The van der Waals surface area contributed by atoms with Gasteiger partial charge in [0.1, 0.15) is 5.66 Å². The van der Waals surface area contributed by atoms with E-state index < -0.39 is 28.5 Å². The lowest BCUT2D eigenvalue weighted by Crippen LogP contribution is -2.59. The zero-order valence-electron chi connectivity index (χ0n) is 14.8. The summed E-state index contributed by atoms with van der Waals surface area (Å²) in [6, 6.07) is 15.2. The largest absolute Gasteiger partial charge is 0.453 e. The fraction of sp³-hybridized carbons (Fsp3) is 0.222. The maximum Gasteiger partial charge on any atom is 0.411 e. The number of amides is 2. The number of ether oxygens (including phenoxy) is 1. The van der Waals surface area contributed by atoms with Crippen LogP contribution in [-0.2, 0) is 20.3 Å². The van der Waals surface area contributed by atoms with Gasteiger partial charge in [-0.25, -0.2) is 4.79 Å². The highest BCUT2D eigenvalue weighted by atomic mass is 32.2. The van der Waals surface area contributed by atoms with Gasteiger partial charge in [0.2, 0.25) is 0 Å². The first-order valence-corrected chi connectivity index (χ1v) is 9.41.